The number of hydrogen-bond donors (Lipinski definition) is 2. The molecule has 0 saturated carbocycles. The summed E-state index contributed by atoms with van der Waals surface area (Å²) in [5.41, 5.74) is 0.921. The summed E-state index contributed by atoms with van der Waals surface area (Å²) >= 11 is 0. The molecule has 1 aromatic carbocycles. The number of hydrogen-bond acceptors (Lipinski definition) is 6. The van der Waals surface area contributed by atoms with Crippen molar-refractivity contribution in [1.82, 2.24) is 0 Å². The first-order valence-electron chi connectivity index (χ1n) is 13.0. The third kappa shape index (κ3) is 6.62. The fraction of sp³-hybridized carbons (Fsp3) is 0.621. The van der Waals surface area contributed by atoms with E-state index in [1.807, 2.05) is 36.4 Å². The molecule has 1 aliphatic heterocycles. The highest BCUT2D eigenvalue weighted by molar-refractivity contribution is 5.78. The Hall–Kier alpha value is -1.99. The van der Waals surface area contributed by atoms with Crippen molar-refractivity contribution in [2.24, 2.45) is 17.8 Å². The van der Waals surface area contributed by atoms with E-state index in [9.17, 15) is 15.0 Å². The Balaban J connectivity index is 1.44. The van der Waals surface area contributed by atoms with Gasteiger partial charge in [-0.05, 0) is 62.5 Å². The second-order valence-corrected chi connectivity index (χ2v) is 10.9. The summed E-state index contributed by atoms with van der Waals surface area (Å²) in [4.78, 5) is 13.3. The normalized spacial score (nSPS) is 33.1. The van der Waals surface area contributed by atoms with Crippen LogP contribution in [0.5, 0.6) is 0 Å². The van der Waals surface area contributed by atoms with Crippen LogP contribution in [0.1, 0.15) is 58.4 Å². The second kappa shape index (κ2) is 11.4. The minimum atomic E-state index is -1.11. The number of aliphatic hydroxyl groups excluding tert-OH is 2. The maximum atomic E-state index is 13.3. The molecule has 1 heterocycles. The van der Waals surface area contributed by atoms with Gasteiger partial charge in [-0.1, -0.05) is 55.5 Å². The first-order valence-corrected chi connectivity index (χ1v) is 13.0. The Morgan fingerprint density at radius 2 is 1.91 bits per heavy atom. The van der Waals surface area contributed by atoms with Gasteiger partial charge in [0.15, 0.2) is 5.60 Å². The third-order valence-electron chi connectivity index (χ3n) is 7.73. The predicted octanol–water partition coefficient (Wildman–Crippen LogP) is 4.34. The molecule has 0 unspecified atom stereocenters. The lowest BCUT2D eigenvalue weighted by Crippen LogP contribution is -2.46. The molecule has 4 rings (SSSR count). The van der Waals surface area contributed by atoms with Gasteiger partial charge in [0, 0.05) is 18.9 Å². The van der Waals surface area contributed by atoms with Gasteiger partial charge in [0.1, 0.15) is 6.10 Å². The number of allylic oxidation sites excluding steroid dienone is 2. The Bertz CT molecular complexity index is 907. The van der Waals surface area contributed by atoms with Crippen LogP contribution in [0.3, 0.4) is 0 Å². The maximum Gasteiger partial charge on any atom is 0.338 e. The molecule has 35 heavy (non-hydrogen) atoms. The average Bonchev–Trinajstić information content (AvgIpc) is 2.83. The molecular weight excluding hydrogens is 444 g/mol. The van der Waals surface area contributed by atoms with Crippen molar-refractivity contribution >= 4 is 5.97 Å². The van der Waals surface area contributed by atoms with Crippen molar-refractivity contribution in [3.8, 4) is 0 Å². The van der Waals surface area contributed by atoms with Gasteiger partial charge >= 0.3 is 5.97 Å². The summed E-state index contributed by atoms with van der Waals surface area (Å²) < 4.78 is 18.0. The lowest BCUT2D eigenvalue weighted by molar-refractivity contribution is -0.180. The number of esters is 1. The van der Waals surface area contributed by atoms with Crippen LogP contribution >= 0.6 is 0 Å². The molecular formula is C29H40O6. The number of aliphatic hydroxyl groups is 2. The molecule has 0 aromatic heterocycles. The minimum Gasteiger partial charge on any atom is -0.459 e. The second-order valence-electron chi connectivity index (χ2n) is 10.9. The van der Waals surface area contributed by atoms with Gasteiger partial charge in [-0.15, -0.1) is 0 Å². The van der Waals surface area contributed by atoms with E-state index in [1.54, 1.807) is 13.8 Å². The standard InChI is InChI=1S/C29H40O6/c1-19-9-10-21-15-23(31)17-26(27(21)25(19)12-11-24-16-22(30)13-14-33-24)35-28(32)29(2,3)34-18-20-7-5-4-6-8-20/h4-10,15,19,22-27,30-31H,11-14,16-18H2,1-3H3/t19-,22+,23+,24+,25-,26-,27-/m0/s1. The summed E-state index contributed by atoms with van der Waals surface area (Å²) in [6, 6.07) is 9.76. The monoisotopic (exact) mass is 484 g/mol. The number of ether oxygens (including phenoxy) is 3. The summed E-state index contributed by atoms with van der Waals surface area (Å²) in [5, 5.41) is 20.5. The van der Waals surface area contributed by atoms with E-state index in [2.05, 4.69) is 19.1 Å². The number of benzene rings is 1. The van der Waals surface area contributed by atoms with Crippen LogP contribution in [0.4, 0.5) is 0 Å². The van der Waals surface area contributed by atoms with Crippen LogP contribution in [0, 0.1) is 17.8 Å². The smallest absolute Gasteiger partial charge is 0.338 e. The number of carbonyl (C=O) groups is 1. The summed E-state index contributed by atoms with van der Waals surface area (Å²) in [5.74, 6) is 0.171. The SMILES string of the molecule is C[C@H]1C=CC2=C[C@@H](O)C[C@H](OC(=O)C(C)(C)OCc3ccccc3)[C@@H]2[C@H]1CC[C@@H]1C[C@H](O)CCO1. The van der Waals surface area contributed by atoms with Crippen LogP contribution in [0.25, 0.3) is 0 Å². The van der Waals surface area contributed by atoms with Crippen LogP contribution in [0.15, 0.2) is 54.1 Å². The topological polar surface area (TPSA) is 85.2 Å². The van der Waals surface area contributed by atoms with Crippen LogP contribution < -0.4 is 0 Å². The first-order chi connectivity index (χ1) is 16.7. The molecule has 3 aliphatic rings. The van der Waals surface area contributed by atoms with Crippen LogP contribution in [-0.4, -0.2) is 52.8 Å². The summed E-state index contributed by atoms with van der Waals surface area (Å²) in [6.45, 7) is 6.60. The lowest BCUT2D eigenvalue weighted by atomic mass is 9.66. The van der Waals surface area contributed by atoms with Gasteiger partial charge in [0.2, 0.25) is 0 Å². The number of rotatable bonds is 8. The molecule has 192 valence electrons. The van der Waals surface area contributed by atoms with Gasteiger partial charge in [0.05, 0.1) is 24.9 Å². The van der Waals surface area contributed by atoms with Gasteiger partial charge in [-0.2, -0.15) is 0 Å². The van der Waals surface area contributed by atoms with Crippen molar-refractivity contribution < 1.29 is 29.2 Å². The van der Waals surface area contributed by atoms with E-state index in [0.717, 1.165) is 24.0 Å². The molecule has 6 heteroatoms. The van der Waals surface area contributed by atoms with Gasteiger partial charge < -0.3 is 24.4 Å². The molecule has 1 fully saturated rings. The molecule has 0 bridgehead atoms. The van der Waals surface area contributed by atoms with Crippen molar-refractivity contribution in [1.29, 1.82) is 0 Å². The van der Waals surface area contributed by atoms with Gasteiger partial charge in [-0.3, -0.25) is 0 Å². The molecule has 2 aliphatic carbocycles. The molecule has 0 spiro atoms. The van der Waals surface area contributed by atoms with Gasteiger partial charge in [-0.25, -0.2) is 4.79 Å². The Morgan fingerprint density at radius 1 is 1.14 bits per heavy atom. The fourth-order valence-corrected chi connectivity index (χ4v) is 5.60. The van der Waals surface area contributed by atoms with Crippen molar-refractivity contribution in [2.75, 3.05) is 6.61 Å². The molecule has 2 N–H and O–H groups in total. The fourth-order valence-electron chi connectivity index (χ4n) is 5.60. The van der Waals surface area contributed by atoms with E-state index in [1.165, 1.54) is 0 Å². The quantitative estimate of drug-likeness (QED) is 0.534. The predicted molar refractivity (Wildman–Crippen MR) is 133 cm³/mol. The Labute approximate surface area is 209 Å². The number of carbonyl (C=O) groups excluding carboxylic acids is 1. The summed E-state index contributed by atoms with van der Waals surface area (Å²) in [6.07, 6.45) is 8.39. The zero-order chi connectivity index (χ0) is 25.0. The molecule has 1 aromatic rings. The molecule has 0 radical (unpaired) electrons. The van der Waals surface area contributed by atoms with E-state index in [0.29, 0.717) is 38.4 Å². The zero-order valence-electron chi connectivity index (χ0n) is 21.1. The van der Waals surface area contributed by atoms with Crippen LogP contribution in [0.2, 0.25) is 0 Å². The van der Waals surface area contributed by atoms with Crippen molar-refractivity contribution in [3.05, 3.63) is 59.7 Å². The zero-order valence-corrected chi connectivity index (χ0v) is 21.1. The van der Waals surface area contributed by atoms with E-state index in [4.69, 9.17) is 14.2 Å². The molecule has 7 atom stereocenters. The van der Waals surface area contributed by atoms with Gasteiger partial charge in [0.25, 0.3) is 0 Å². The van der Waals surface area contributed by atoms with E-state index < -0.39 is 23.8 Å². The minimum absolute atomic E-state index is 0.0146. The first kappa shape index (κ1) is 26.1. The summed E-state index contributed by atoms with van der Waals surface area (Å²) in [7, 11) is 0. The molecule has 0 amide bonds. The lowest BCUT2D eigenvalue weighted by Gasteiger charge is -2.43. The molecule has 1 saturated heterocycles. The maximum absolute atomic E-state index is 13.3. The van der Waals surface area contributed by atoms with E-state index in [-0.39, 0.29) is 24.0 Å². The number of fused-ring (bicyclic) bond motifs is 1. The largest absolute Gasteiger partial charge is 0.459 e. The third-order valence-corrected chi connectivity index (χ3v) is 7.73. The molecule has 6 nitrogen and oxygen atoms in total. The highest BCUT2D eigenvalue weighted by Crippen LogP contribution is 2.44. The Kier molecular flexibility index (Phi) is 8.48. The van der Waals surface area contributed by atoms with Crippen molar-refractivity contribution in [3.63, 3.8) is 0 Å². The highest BCUT2D eigenvalue weighted by Gasteiger charge is 2.44. The van der Waals surface area contributed by atoms with Crippen molar-refractivity contribution in [2.45, 2.75) is 89.5 Å². The highest BCUT2D eigenvalue weighted by atomic mass is 16.6. The Morgan fingerprint density at radius 3 is 2.66 bits per heavy atom. The van der Waals surface area contributed by atoms with Crippen LogP contribution in [-0.2, 0) is 25.6 Å². The van der Waals surface area contributed by atoms with E-state index >= 15 is 0 Å². The average molecular weight is 485 g/mol.